The minimum absolute atomic E-state index is 0.0121. The van der Waals surface area contributed by atoms with E-state index in [9.17, 15) is 0 Å². The minimum atomic E-state index is 0.0121. The van der Waals surface area contributed by atoms with Crippen LogP contribution < -0.4 is 0 Å². The van der Waals surface area contributed by atoms with Crippen molar-refractivity contribution in [2.75, 3.05) is 0 Å². The molecule has 9 aromatic heterocycles. The maximum Gasteiger partial charge on any atom is 0.147 e. The molecule has 0 saturated heterocycles. The second kappa shape index (κ2) is 14.4. The predicted molar refractivity (Wildman–Crippen MR) is 283 cm³/mol. The van der Waals surface area contributed by atoms with Gasteiger partial charge in [-0.3, -0.25) is 19.5 Å². The number of nitrogens with zero attached hydrogens (tertiary/aromatic N) is 7. The van der Waals surface area contributed by atoms with Crippen molar-refractivity contribution in [1.29, 1.82) is 0 Å². The van der Waals surface area contributed by atoms with Crippen LogP contribution in [0.4, 0.5) is 0 Å². The van der Waals surface area contributed by atoms with E-state index in [0.29, 0.717) is 0 Å². The van der Waals surface area contributed by atoms with Crippen molar-refractivity contribution in [2.24, 2.45) is 0 Å². The van der Waals surface area contributed by atoms with Crippen molar-refractivity contribution >= 4 is 85.1 Å². The Morgan fingerprint density at radius 1 is 0.485 bits per heavy atom. The highest BCUT2D eigenvalue weighted by Crippen LogP contribution is 2.51. The second-order valence-corrected chi connectivity index (χ2v) is 20.5. The number of pyridine rings is 4. The molecule has 0 fully saturated rings. The first-order valence-electron chi connectivity index (χ1n) is 23.1. The Bertz CT molecular complexity index is 4210. The van der Waals surface area contributed by atoms with Crippen LogP contribution in [0.3, 0.4) is 0 Å². The van der Waals surface area contributed by atoms with Crippen LogP contribution in [0, 0.1) is 41.5 Å². The van der Waals surface area contributed by atoms with Crippen LogP contribution in [-0.4, -0.2) is 33.6 Å². The van der Waals surface area contributed by atoms with E-state index in [-0.39, 0.29) is 5.92 Å². The molecular weight excluding hydrogens is 871 g/mol. The number of hydrogen-bond acceptors (Lipinski definition) is 6. The summed E-state index contributed by atoms with van der Waals surface area (Å²) in [6, 6.07) is 42.3. The van der Waals surface area contributed by atoms with Crippen molar-refractivity contribution in [2.45, 2.75) is 47.5 Å². The molecule has 1 unspecified atom stereocenters. The highest BCUT2D eigenvalue weighted by Gasteiger charge is 2.36. The molecule has 0 amide bonds. The fourth-order valence-electron chi connectivity index (χ4n) is 11.8. The van der Waals surface area contributed by atoms with E-state index in [1.165, 1.54) is 113 Å². The quantitative estimate of drug-likeness (QED) is 0.173. The largest absolute Gasteiger partial charge is 0.316 e. The third-order valence-electron chi connectivity index (χ3n) is 15.0. The molecule has 4 aromatic carbocycles. The molecular formula is C59H43N7S2. The zero-order valence-electron chi connectivity index (χ0n) is 38.4. The van der Waals surface area contributed by atoms with E-state index in [1.54, 1.807) is 0 Å². The molecule has 7 nitrogen and oxygen atoms in total. The third-order valence-corrected chi connectivity index (χ3v) is 17.4. The van der Waals surface area contributed by atoms with Crippen molar-refractivity contribution in [1.82, 2.24) is 33.6 Å². The molecule has 0 bridgehead atoms. The van der Waals surface area contributed by atoms with Crippen LogP contribution in [0.25, 0.3) is 102 Å². The fraction of sp³-hybridized carbons (Fsp3) is 0.119. The first-order chi connectivity index (χ1) is 33.3. The zero-order valence-corrected chi connectivity index (χ0v) is 40.0. The maximum atomic E-state index is 5.05. The standard InChI is InChI=1S/C59H43N7S2/c1-31-33(3)64(35(5)52(31)53-41-21-25-60-30-46(41)42-16-11-22-62-55(42)53)48-28-37(26-44-39-14-7-9-19-50(39)67-57(44)48)38-27-45-40-15-8-10-20-51(40)68-58(45)49(29-38)65-34(4)32(2)56(36(65)6)66-47-18-13-23-61-54(47)43-17-12-24-63-59(43)66/h7-30,53H,1-6H3. The number of aromatic nitrogens is 7. The summed E-state index contributed by atoms with van der Waals surface area (Å²) in [4.78, 5) is 19.4. The minimum Gasteiger partial charge on any atom is -0.316 e. The molecule has 0 spiro atoms. The van der Waals surface area contributed by atoms with Crippen LogP contribution in [0.1, 0.15) is 56.6 Å². The van der Waals surface area contributed by atoms with Gasteiger partial charge in [0.1, 0.15) is 5.65 Å². The molecule has 9 heteroatoms. The van der Waals surface area contributed by atoms with Gasteiger partial charge in [0.25, 0.3) is 0 Å². The van der Waals surface area contributed by atoms with Gasteiger partial charge in [0.15, 0.2) is 0 Å². The normalized spacial score (nSPS) is 13.6. The predicted octanol–water partition coefficient (Wildman–Crippen LogP) is 15.4. The van der Waals surface area contributed by atoms with Crippen LogP contribution in [-0.2, 0) is 0 Å². The fourth-order valence-corrected chi connectivity index (χ4v) is 14.2. The van der Waals surface area contributed by atoms with E-state index >= 15 is 0 Å². The van der Waals surface area contributed by atoms with Gasteiger partial charge in [-0.2, -0.15) is 0 Å². The van der Waals surface area contributed by atoms with Crippen molar-refractivity contribution in [3.8, 4) is 39.3 Å². The first kappa shape index (κ1) is 39.4. The Hall–Kier alpha value is -7.72. The Labute approximate surface area is 400 Å². The lowest BCUT2D eigenvalue weighted by Crippen LogP contribution is -2.05. The molecule has 1 aliphatic rings. The van der Waals surface area contributed by atoms with Gasteiger partial charge in [-0.05, 0) is 148 Å². The van der Waals surface area contributed by atoms with Gasteiger partial charge in [-0.1, -0.05) is 42.5 Å². The van der Waals surface area contributed by atoms with Gasteiger partial charge in [-0.25, -0.2) is 4.98 Å². The SMILES string of the molecule is Cc1c(C2c3ccncc3-c3cccnc32)c(C)n(-c2cc(-c3cc(-n4c(C)c(C)c(-n5c6cccnc6c6cccnc65)c4C)c4sc5ccccc5c4c3)cc3c2sc2ccccc23)c1C. The Morgan fingerprint density at radius 3 is 1.81 bits per heavy atom. The summed E-state index contributed by atoms with van der Waals surface area (Å²) in [7, 11) is 0. The molecule has 9 heterocycles. The molecule has 1 aliphatic carbocycles. The summed E-state index contributed by atoms with van der Waals surface area (Å²) in [5.74, 6) is 0.0121. The Kier molecular flexibility index (Phi) is 8.35. The maximum absolute atomic E-state index is 5.05. The highest BCUT2D eigenvalue weighted by atomic mass is 32.1. The first-order valence-corrected chi connectivity index (χ1v) is 24.8. The number of benzene rings is 4. The van der Waals surface area contributed by atoms with E-state index in [2.05, 4.69) is 157 Å². The average Bonchev–Trinajstić information content (AvgIpc) is 4.19. The van der Waals surface area contributed by atoms with Crippen molar-refractivity contribution < 1.29 is 0 Å². The van der Waals surface area contributed by atoms with Gasteiger partial charge in [0.05, 0.1) is 49.1 Å². The third kappa shape index (κ3) is 5.28. The lowest BCUT2D eigenvalue weighted by Gasteiger charge is -2.18. The average molecular weight is 914 g/mol. The van der Waals surface area contributed by atoms with Crippen LogP contribution in [0.2, 0.25) is 0 Å². The van der Waals surface area contributed by atoms with Crippen LogP contribution in [0.15, 0.2) is 146 Å². The summed E-state index contributed by atoms with van der Waals surface area (Å²) in [6.45, 7) is 13.7. The summed E-state index contributed by atoms with van der Waals surface area (Å²) >= 11 is 3.76. The zero-order chi connectivity index (χ0) is 45.7. The molecule has 13 aromatic rings. The van der Waals surface area contributed by atoms with Gasteiger partial charge < -0.3 is 9.13 Å². The molecule has 1 atom stereocenters. The number of fused-ring (bicyclic) bond motifs is 12. The van der Waals surface area contributed by atoms with E-state index in [4.69, 9.17) is 15.0 Å². The van der Waals surface area contributed by atoms with E-state index in [0.717, 1.165) is 39.1 Å². The summed E-state index contributed by atoms with van der Waals surface area (Å²) in [6.07, 6.45) is 9.63. The van der Waals surface area contributed by atoms with Gasteiger partial charge >= 0.3 is 0 Å². The van der Waals surface area contributed by atoms with Gasteiger partial charge in [-0.15, -0.1) is 22.7 Å². The topological polar surface area (TPSA) is 66.3 Å². The smallest absolute Gasteiger partial charge is 0.147 e. The molecule has 0 aliphatic heterocycles. The van der Waals surface area contributed by atoms with Crippen molar-refractivity contribution in [3.05, 3.63) is 197 Å². The van der Waals surface area contributed by atoms with E-state index < -0.39 is 0 Å². The lowest BCUT2D eigenvalue weighted by atomic mass is 9.89. The molecule has 14 rings (SSSR count). The van der Waals surface area contributed by atoms with Crippen LogP contribution in [0.5, 0.6) is 0 Å². The molecule has 326 valence electrons. The monoisotopic (exact) mass is 913 g/mol. The number of rotatable bonds is 5. The molecule has 68 heavy (non-hydrogen) atoms. The van der Waals surface area contributed by atoms with Crippen LogP contribution >= 0.6 is 22.7 Å². The lowest BCUT2D eigenvalue weighted by molar-refractivity contribution is 0.910. The summed E-state index contributed by atoms with van der Waals surface area (Å²) in [5.41, 5.74) is 22.2. The van der Waals surface area contributed by atoms with Gasteiger partial charge in [0.2, 0.25) is 0 Å². The van der Waals surface area contributed by atoms with Gasteiger partial charge in [0, 0.05) is 101 Å². The second-order valence-electron chi connectivity index (χ2n) is 18.4. The van der Waals surface area contributed by atoms with E-state index in [1.807, 2.05) is 71.9 Å². The summed E-state index contributed by atoms with van der Waals surface area (Å²) < 4.78 is 12.5. The molecule has 0 radical (unpaired) electrons. The molecule has 0 saturated carbocycles. The highest BCUT2D eigenvalue weighted by molar-refractivity contribution is 7.26. The van der Waals surface area contributed by atoms with Crippen molar-refractivity contribution in [3.63, 3.8) is 0 Å². The molecule has 0 N–H and O–H groups in total. The summed E-state index contributed by atoms with van der Waals surface area (Å²) in [5, 5.41) is 6.13. The Balaban J connectivity index is 1.04. The number of thiophene rings is 2. The number of hydrogen-bond donors (Lipinski definition) is 0. The Morgan fingerprint density at radius 2 is 1.09 bits per heavy atom.